The van der Waals surface area contributed by atoms with Crippen LogP contribution in [0.1, 0.15) is 27.1 Å². The predicted octanol–water partition coefficient (Wildman–Crippen LogP) is 1.21. The second-order valence-corrected chi connectivity index (χ2v) is 4.80. The van der Waals surface area contributed by atoms with Gasteiger partial charge in [-0.15, -0.1) is 11.6 Å². The zero-order chi connectivity index (χ0) is 13.6. The molecule has 6 heteroatoms. The number of alkyl halides is 1. The highest BCUT2D eigenvalue weighted by Crippen LogP contribution is 2.29. The van der Waals surface area contributed by atoms with Crippen molar-refractivity contribution in [1.29, 1.82) is 0 Å². The summed E-state index contributed by atoms with van der Waals surface area (Å²) in [5.41, 5.74) is 0.657. The summed E-state index contributed by atoms with van der Waals surface area (Å²) < 4.78 is 5.01. The number of cyclic esters (lactones) is 1. The van der Waals surface area contributed by atoms with Gasteiger partial charge in [0.15, 0.2) is 0 Å². The highest BCUT2D eigenvalue weighted by Gasteiger charge is 2.47. The van der Waals surface area contributed by atoms with Gasteiger partial charge in [-0.2, -0.15) is 0 Å². The summed E-state index contributed by atoms with van der Waals surface area (Å²) in [4.78, 5) is 37.1. The van der Waals surface area contributed by atoms with Crippen molar-refractivity contribution in [3.05, 3.63) is 35.4 Å². The van der Waals surface area contributed by atoms with E-state index in [0.717, 1.165) is 4.90 Å². The molecule has 2 unspecified atom stereocenters. The number of hydrogen-bond donors (Lipinski definition) is 0. The van der Waals surface area contributed by atoms with E-state index in [2.05, 4.69) is 0 Å². The first-order chi connectivity index (χ1) is 9.13. The van der Waals surface area contributed by atoms with Gasteiger partial charge in [-0.1, -0.05) is 12.1 Å². The van der Waals surface area contributed by atoms with Gasteiger partial charge in [0.1, 0.15) is 12.1 Å². The van der Waals surface area contributed by atoms with Crippen molar-refractivity contribution in [3.8, 4) is 0 Å². The van der Waals surface area contributed by atoms with E-state index in [4.69, 9.17) is 16.3 Å². The molecule has 3 rings (SSSR count). The summed E-state index contributed by atoms with van der Waals surface area (Å²) in [5, 5.41) is 0. The van der Waals surface area contributed by atoms with Crippen LogP contribution in [0.25, 0.3) is 0 Å². The average Bonchev–Trinajstić information content (AvgIpc) is 2.90. The lowest BCUT2D eigenvalue weighted by Gasteiger charge is -2.17. The van der Waals surface area contributed by atoms with Gasteiger partial charge in [0.2, 0.25) is 0 Å². The number of halogens is 1. The Bertz CT molecular complexity index is 551. The van der Waals surface area contributed by atoms with E-state index in [-0.39, 0.29) is 12.3 Å². The maximum Gasteiger partial charge on any atom is 0.329 e. The van der Waals surface area contributed by atoms with Crippen molar-refractivity contribution >= 4 is 29.4 Å². The van der Waals surface area contributed by atoms with Gasteiger partial charge >= 0.3 is 5.97 Å². The number of hydrogen-bond acceptors (Lipinski definition) is 4. The molecule has 0 saturated carbocycles. The first kappa shape index (κ1) is 12.2. The smallest absolute Gasteiger partial charge is 0.329 e. The summed E-state index contributed by atoms with van der Waals surface area (Å²) in [5.74, 6) is -1.30. The second kappa shape index (κ2) is 4.35. The molecule has 0 spiro atoms. The van der Waals surface area contributed by atoms with E-state index in [1.165, 1.54) is 0 Å². The van der Waals surface area contributed by atoms with Gasteiger partial charge < -0.3 is 4.74 Å². The highest BCUT2D eigenvalue weighted by atomic mass is 35.5. The number of carbonyl (C=O) groups is 3. The lowest BCUT2D eigenvalue weighted by molar-refractivity contribution is -0.143. The molecule has 2 aliphatic rings. The zero-order valence-corrected chi connectivity index (χ0v) is 10.6. The normalized spacial score (nSPS) is 25.7. The van der Waals surface area contributed by atoms with Crippen molar-refractivity contribution < 1.29 is 19.1 Å². The summed E-state index contributed by atoms with van der Waals surface area (Å²) >= 11 is 5.64. The fourth-order valence-corrected chi connectivity index (χ4v) is 2.62. The zero-order valence-electron chi connectivity index (χ0n) is 9.84. The molecule has 5 nitrogen and oxygen atoms in total. The van der Waals surface area contributed by atoms with Crippen LogP contribution in [0.2, 0.25) is 0 Å². The van der Waals surface area contributed by atoms with E-state index in [0.29, 0.717) is 11.1 Å². The van der Waals surface area contributed by atoms with Crippen molar-refractivity contribution in [2.24, 2.45) is 0 Å². The first-order valence-electron chi connectivity index (χ1n) is 5.87. The van der Waals surface area contributed by atoms with E-state index >= 15 is 0 Å². The quantitative estimate of drug-likeness (QED) is 0.464. The minimum absolute atomic E-state index is 0.158. The van der Waals surface area contributed by atoms with Crippen LogP contribution in [0.5, 0.6) is 0 Å². The van der Waals surface area contributed by atoms with Crippen LogP contribution in [0, 0.1) is 0 Å². The van der Waals surface area contributed by atoms with Crippen LogP contribution < -0.4 is 0 Å². The fourth-order valence-electron chi connectivity index (χ4n) is 2.43. The highest BCUT2D eigenvalue weighted by molar-refractivity contribution is 6.23. The number of carbonyl (C=O) groups excluding carboxylic acids is 3. The molecule has 0 radical (unpaired) electrons. The number of esters is 1. The van der Waals surface area contributed by atoms with Crippen LogP contribution in [-0.2, 0) is 9.53 Å². The Labute approximate surface area is 114 Å². The molecule has 1 fully saturated rings. The Hall–Kier alpha value is -1.88. The number of benzene rings is 1. The summed E-state index contributed by atoms with van der Waals surface area (Å²) in [6.45, 7) is 0. The van der Waals surface area contributed by atoms with Crippen LogP contribution in [0.15, 0.2) is 24.3 Å². The van der Waals surface area contributed by atoms with E-state index in [1.807, 2.05) is 0 Å². The Balaban J connectivity index is 1.95. The monoisotopic (exact) mass is 279 g/mol. The van der Waals surface area contributed by atoms with Crippen molar-refractivity contribution in [3.63, 3.8) is 0 Å². The molecule has 1 aromatic carbocycles. The third-order valence-electron chi connectivity index (χ3n) is 3.35. The number of imide groups is 1. The molecule has 0 aromatic heterocycles. The van der Waals surface area contributed by atoms with E-state index in [9.17, 15) is 14.4 Å². The third kappa shape index (κ3) is 1.73. The van der Waals surface area contributed by atoms with Gasteiger partial charge in [0.25, 0.3) is 11.8 Å². The molecule has 0 N–H and O–H groups in total. The van der Waals surface area contributed by atoms with Gasteiger partial charge in [-0.3, -0.25) is 14.5 Å². The maximum absolute atomic E-state index is 12.2. The van der Waals surface area contributed by atoms with E-state index < -0.39 is 29.9 Å². The Morgan fingerprint density at radius 3 is 2.21 bits per heavy atom. The van der Waals surface area contributed by atoms with Gasteiger partial charge in [0, 0.05) is 6.42 Å². The standard InChI is InChI=1S/C13H10ClNO4/c14-6-7-5-10(13(18)19-7)15-11(16)8-3-1-2-4-9(8)12(15)17/h1-4,7,10H,5-6H2. The number of ether oxygens (including phenoxy) is 1. The fraction of sp³-hybridized carbons (Fsp3) is 0.308. The molecule has 0 aliphatic carbocycles. The molecule has 1 aromatic rings. The summed E-state index contributed by atoms with van der Waals surface area (Å²) in [7, 11) is 0. The molecule has 0 bridgehead atoms. The number of nitrogens with zero attached hydrogens (tertiary/aromatic N) is 1. The van der Waals surface area contributed by atoms with Crippen molar-refractivity contribution in [2.75, 3.05) is 5.88 Å². The second-order valence-electron chi connectivity index (χ2n) is 4.49. The van der Waals surface area contributed by atoms with Gasteiger partial charge in [-0.25, -0.2) is 4.79 Å². The number of rotatable bonds is 2. The van der Waals surface area contributed by atoms with Gasteiger partial charge in [-0.05, 0) is 12.1 Å². The molecular formula is C13H10ClNO4. The minimum atomic E-state index is -0.865. The topological polar surface area (TPSA) is 63.7 Å². The minimum Gasteiger partial charge on any atom is -0.459 e. The first-order valence-corrected chi connectivity index (χ1v) is 6.40. The molecule has 2 aliphatic heterocycles. The molecule has 2 atom stereocenters. The van der Waals surface area contributed by atoms with Gasteiger partial charge in [0.05, 0.1) is 17.0 Å². The van der Waals surface area contributed by atoms with Crippen LogP contribution in [-0.4, -0.2) is 40.7 Å². The van der Waals surface area contributed by atoms with Crippen LogP contribution in [0.3, 0.4) is 0 Å². The van der Waals surface area contributed by atoms with Crippen molar-refractivity contribution in [1.82, 2.24) is 4.90 Å². The van der Waals surface area contributed by atoms with Crippen LogP contribution in [0.4, 0.5) is 0 Å². The summed E-state index contributed by atoms with van der Waals surface area (Å²) in [6, 6.07) is 5.66. The lowest BCUT2D eigenvalue weighted by atomic mass is 10.1. The Morgan fingerprint density at radius 1 is 1.16 bits per heavy atom. The third-order valence-corrected chi connectivity index (χ3v) is 3.69. The summed E-state index contributed by atoms with van der Waals surface area (Å²) in [6.07, 6.45) is -0.183. The SMILES string of the molecule is O=C1OC(CCl)CC1N1C(=O)c2ccccc2C1=O. The largest absolute Gasteiger partial charge is 0.459 e. The Morgan fingerprint density at radius 2 is 1.74 bits per heavy atom. The Kier molecular flexibility index (Phi) is 2.78. The van der Waals surface area contributed by atoms with E-state index in [1.54, 1.807) is 24.3 Å². The van der Waals surface area contributed by atoms with Crippen molar-refractivity contribution in [2.45, 2.75) is 18.6 Å². The number of fused-ring (bicyclic) bond motifs is 1. The number of amides is 2. The van der Waals surface area contributed by atoms with Crippen LogP contribution >= 0.6 is 11.6 Å². The predicted molar refractivity (Wildman–Crippen MR) is 65.9 cm³/mol. The molecule has 2 amide bonds. The average molecular weight is 280 g/mol. The molecule has 2 heterocycles. The molecule has 98 valence electrons. The molecule has 19 heavy (non-hydrogen) atoms. The molecular weight excluding hydrogens is 270 g/mol. The molecule has 1 saturated heterocycles. The maximum atomic E-state index is 12.2. The lowest BCUT2D eigenvalue weighted by Crippen LogP contribution is -2.42.